The molecule has 30 heavy (non-hydrogen) atoms. The molecule has 1 amide bonds. The van der Waals surface area contributed by atoms with Gasteiger partial charge in [0.2, 0.25) is 0 Å². The van der Waals surface area contributed by atoms with Crippen LogP contribution in [-0.4, -0.2) is 49.7 Å². The van der Waals surface area contributed by atoms with E-state index in [0.29, 0.717) is 42.7 Å². The first-order valence-corrected chi connectivity index (χ1v) is 10.3. The maximum atomic E-state index is 13.0. The van der Waals surface area contributed by atoms with Gasteiger partial charge in [-0.1, -0.05) is 35.9 Å². The van der Waals surface area contributed by atoms with E-state index in [4.69, 9.17) is 16.3 Å². The Morgan fingerprint density at radius 3 is 2.53 bits per heavy atom. The zero-order valence-electron chi connectivity index (χ0n) is 16.7. The Balaban J connectivity index is 1.58. The van der Waals surface area contributed by atoms with Crippen LogP contribution in [0.25, 0.3) is 0 Å². The first-order valence-electron chi connectivity index (χ1n) is 9.89. The van der Waals surface area contributed by atoms with Gasteiger partial charge in [0.15, 0.2) is 5.78 Å². The number of hydrazone groups is 1. The average molecular weight is 427 g/mol. The van der Waals surface area contributed by atoms with Crippen molar-refractivity contribution in [1.29, 1.82) is 0 Å². The molecule has 2 aliphatic heterocycles. The monoisotopic (exact) mass is 426 g/mol. The molecule has 156 valence electrons. The Morgan fingerprint density at radius 2 is 1.83 bits per heavy atom. The number of hydrogen-bond acceptors (Lipinski definition) is 6. The van der Waals surface area contributed by atoms with Crippen molar-refractivity contribution < 1.29 is 14.3 Å². The zero-order valence-corrected chi connectivity index (χ0v) is 17.4. The molecule has 0 spiro atoms. The largest absolute Gasteiger partial charge is 0.378 e. The molecule has 2 aliphatic rings. The third kappa shape index (κ3) is 4.17. The number of carbonyl (C=O) groups is 2. The van der Waals surface area contributed by atoms with Gasteiger partial charge in [0.1, 0.15) is 11.8 Å². The van der Waals surface area contributed by atoms with E-state index in [1.54, 1.807) is 17.1 Å². The van der Waals surface area contributed by atoms with Gasteiger partial charge in [0.05, 0.1) is 35.3 Å². The first kappa shape index (κ1) is 20.4. The van der Waals surface area contributed by atoms with Crippen LogP contribution in [0.5, 0.6) is 0 Å². The number of nitrogens with one attached hydrogen (secondary N) is 1. The fourth-order valence-corrected chi connectivity index (χ4v) is 4.00. The minimum atomic E-state index is -0.494. The Kier molecular flexibility index (Phi) is 6.01. The van der Waals surface area contributed by atoms with Crippen LogP contribution >= 0.6 is 11.6 Å². The number of para-hydroxylation sites is 2. The van der Waals surface area contributed by atoms with Crippen LogP contribution in [0, 0.1) is 0 Å². The number of Topliss-reactive ketones (excluding diaryl/α,β-unsaturated/α-hetero) is 1. The number of anilines is 3. The smallest absolute Gasteiger partial charge is 0.272 e. The summed E-state index contributed by atoms with van der Waals surface area (Å²) < 4.78 is 5.42. The quantitative estimate of drug-likeness (QED) is 0.793. The lowest BCUT2D eigenvalue weighted by atomic mass is 10.1. The number of morpholine rings is 1. The highest BCUT2D eigenvalue weighted by Crippen LogP contribution is 2.35. The Bertz CT molecular complexity index is 974. The lowest BCUT2D eigenvalue weighted by molar-refractivity contribution is -0.118. The van der Waals surface area contributed by atoms with Gasteiger partial charge in [-0.2, -0.15) is 5.10 Å². The van der Waals surface area contributed by atoms with Gasteiger partial charge in [-0.05, 0) is 31.2 Å². The molecule has 1 N–H and O–H groups in total. The Labute approximate surface area is 180 Å². The first-order chi connectivity index (χ1) is 14.5. The number of halogens is 1. The maximum Gasteiger partial charge on any atom is 0.272 e. The van der Waals surface area contributed by atoms with Gasteiger partial charge in [-0.25, -0.2) is 0 Å². The van der Waals surface area contributed by atoms with Gasteiger partial charge in [0.25, 0.3) is 5.91 Å². The minimum Gasteiger partial charge on any atom is -0.378 e. The molecule has 1 saturated heterocycles. The molecule has 0 bridgehead atoms. The molecule has 2 aromatic rings. The molecule has 0 aromatic heterocycles. The molecular formula is C22H23ClN4O3. The average Bonchev–Trinajstić information content (AvgIpc) is 3.21. The maximum absolute atomic E-state index is 13.0. The number of carbonyl (C=O) groups excluding carboxylic acids is 2. The van der Waals surface area contributed by atoms with Crippen molar-refractivity contribution in [3.8, 4) is 0 Å². The lowest BCUT2D eigenvalue weighted by Crippen LogP contribution is -2.37. The van der Waals surface area contributed by atoms with Crippen molar-refractivity contribution in [2.24, 2.45) is 5.10 Å². The second kappa shape index (κ2) is 8.85. The molecule has 2 aromatic carbocycles. The van der Waals surface area contributed by atoms with Crippen LogP contribution < -0.4 is 15.2 Å². The van der Waals surface area contributed by atoms with E-state index >= 15 is 0 Å². The Morgan fingerprint density at radius 1 is 1.10 bits per heavy atom. The van der Waals surface area contributed by atoms with Gasteiger partial charge in [-0.3, -0.25) is 14.6 Å². The number of nitrogens with zero attached hydrogens (tertiary/aromatic N) is 3. The van der Waals surface area contributed by atoms with E-state index in [9.17, 15) is 9.59 Å². The third-order valence-electron chi connectivity index (χ3n) is 5.22. The van der Waals surface area contributed by atoms with E-state index in [1.807, 2.05) is 36.4 Å². The number of benzene rings is 2. The molecule has 8 heteroatoms. The van der Waals surface area contributed by atoms with E-state index in [-0.39, 0.29) is 18.1 Å². The van der Waals surface area contributed by atoms with Gasteiger partial charge < -0.3 is 15.0 Å². The molecule has 0 saturated carbocycles. The summed E-state index contributed by atoms with van der Waals surface area (Å²) in [4.78, 5) is 27.3. The predicted octanol–water partition coefficient (Wildman–Crippen LogP) is 3.34. The second-order valence-corrected chi connectivity index (χ2v) is 7.65. The minimum absolute atomic E-state index is 0.0397. The summed E-state index contributed by atoms with van der Waals surface area (Å²) >= 11 is 6.46. The standard InChI is InChI=1S/C22H23ClN4O3/c1-15(28)20-14-19(25-27(20)16-6-3-2-4-7-16)22(29)24-18-9-5-8-17(23)21(18)26-10-12-30-13-11-26/h2-9,20H,10-14H2,1H3,(H,24,29). The van der Waals surface area contributed by atoms with Crippen molar-refractivity contribution in [2.75, 3.05) is 41.5 Å². The number of ketones is 1. The van der Waals surface area contributed by atoms with Crippen LogP contribution in [0.15, 0.2) is 53.6 Å². The molecule has 4 rings (SSSR count). The van der Waals surface area contributed by atoms with Crippen molar-refractivity contribution >= 4 is 46.1 Å². The normalized spacial score (nSPS) is 18.9. The predicted molar refractivity (Wildman–Crippen MR) is 119 cm³/mol. The van der Waals surface area contributed by atoms with Gasteiger partial charge in [0, 0.05) is 19.5 Å². The lowest BCUT2D eigenvalue weighted by Gasteiger charge is -2.31. The molecule has 0 aliphatic carbocycles. The van der Waals surface area contributed by atoms with Crippen LogP contribution in [0.1, 0.15) is 13.3 Å². The highest BCUT2D eigenvalue weighted by Gasteiger charge is 2.34. The van der Waals surface area contributed by atoms with Crippen LogP contribution in [0.4, 0.5) is 17.1 Å². The van der Waals surface area contributed by atoms with Gasteiger partial charge >= 0.3 is 0 Å². The molecule has 0 radical (unpaired) electrons. The van der Waals surface area contributed by atoms with Crippen molar-refractivity contribution in [1.82, 2.24) is 0 Å². The highest BCUT2D eigenvalue weighted by atomic mass is 35.5. The summed E-state index contributed by atoms with van der Waals surface area (Å²) in [5.41, 5.74) is 2.48. The molecule has 1 unspecified atom stereocenters. The van der Waals surface area contributed by atoms with Crippen molar-refractivity contribution in [2.45, 2.75) is 19.4 Å². The number of hydrogen-bond donors (Lipinski definition) is 1. The zero-order chi connectivity index (χ0) is 21.1. The SMILES string of the molecule is CC(=O)C1CC(C(=O)Nc2cccc(Cl)c2N2CCOCC2)=NN1c1ccccc1. The summed E-state index contributed by atoms with van der Waals surface area (Å²) in [6, 6.07) is 14.3. The summed E-state index contributed by atoms with van der Waals surface area (Å²) in [5, 5.41) is 9.61. The van der Waals surface area contributed by atoms with Crippen LogP contribution in [0.3, 0.4) is 0 Å². The van der Waals surface area contributed by atoms with Crippen LogP contribution in [0.2, 0.25) is 5.02 Å². The van der Waals surface area contributed by atoms with E-state index < -0.39 is 6.04 Å². The fraction of sp³-hybridized carbons (Fsp3) is 0.318. The van der Waals surface area contributed by atoms with Crippen molar-refractivity contribution in [3.63, 3.8) is 0 Å². The molecular weight excluding hydrogens is 404 g/mol. The topological polar surface area (TPSA) is 74.2 Å². The van der Waals surface area contributed by atoms with Crippen LogP contribution in [-0.2, 0) is 14.3 Å². The number of amides is 1. The highest BCUT2D eigenvalue weighted by molar-refractivity contribution is 6.45. The van der Waals surface area contributed by atoms with Gasteiger partial charge in [-0.15, -0.1) is 0 Å². The summed E-state index contributed by atoms with van der Waals surface area (Å²) in [6.07, 6.45) is 0.253. The van der Waals surface area contributed by atoms with E-state index in [0.717, 1.165) is 11.4 Å². The second-order valence-electron chi connectivity index (χ2n) is 7.25. The molecule has 1 fully saturated rings. The number of ether oxygens (including phenoxy) is 1. The molecule has 7 nitrogen and oxygen atoms in total. The number of rotatable bonds is 5. The fourth-order valence-electron chi connectivity index (χ4n) is 3.70. The molecule has 2 heterocycles. The summed E-state index contributed by atoms with van der Waals surface area (Å²) in [5.74, 6) is -0.376. The van der Waals surface area contributed by atoms with Crippen molar-refractivity contribution in [3.05, 3.63) is 53.6 Å². The van der Waals surface area contributed by atoms with E-state index in [1.165, 1.54) is 6.92 Å². The van der Waals surface area contributed by atoms with E-state index in [2.05, 4.69) is 15.3 Å². The third-order valence-corrected chi connectivity index (χ3v) is 5.53. The summed E-state index contributed by atoms with van der Waals surface area (Å²) in [7, 11) is 0. The Hall–Kier alpha value is -2.90. The molecule has 1 atom stereocenters. The summed E-state index contributed by atoms with van der Waals surface area (Å²) in [6.45, 7) is 4.13.